The molecule has 1 aliphatic heterocycles. The van der Waals surface area contributed by atoms with Gasteiger partial charge in [-0.25, -0.2) is 13.1 Å². The molecule has 2 aromatic carbocycles. The second-order valence-corrected chi connectivity index (χ2v) is 9.99. The van der Waals surface area contributed by atoms with E-state index in [-0.39, 0.29) is 29.6 Å². The lowest BCUT2D eigenvalue weighted by Crippen LogP contribution is -2.49. The van der Waals surface area contributed by atoms with E-state index in [4.69, 9.17) is 0 Å². The largest absolute Gasteiger partial charge is 0.404 e. The van der Waals surface area contributed by atoms with Crippen molar-refractivity contribution in [3.8, 4) is 0 Å². The molecule has 0 aromatic heterocycles. The highest BCUT2D eigenvalue weighted by Crippen LogP contribution is 2.46. The second-order valence-electron chi connectivity index (χ2n) is 8.28. The zero-order chi connectivity index (χ0) is 23.6. The maximum absolute atomic E-state index is 14.0. The van der Waals surface area contributed by atoms with Crippen LogP contribution in [0.2, 0.25) is 0 Å². The van der Waals surface area contributed by atoms with Crippen LogP contribution < -0.4 is 10.0 Å². The first-order chi connectivity index (χ1) is 14.9. The van der Waals surface area contributed by atoms with Gasteiger partial charge in [-0.3, -0.25) is 9.69 Å². The molecule has 1 heterocycles. The molecule has 0 bridgehead atoms. The molecule has 0 saturated carbocycles. The van der Waals surface area contributed by atoms with Gasteiger partial charge in [-0.05, 0) is 56.6 Å². The van der Waals surface area contributed by atoms with E-state index in [1.807, 2.05) is 30.3 Å². The van der Waals surface area contributed by atoms with E-state index >= 15 is 0 Å². The molecule has 32 heavy (non-hydrogen) atoms. The molecule has 1 unspecified atom stereocenters. The minimum Gasteiger partial charge on any atom is -0.325 e. The number of benzene rings is 2. The Bertz CT molecular complexity index is 1040. The van der Waals surface area contributed by atoms with Crippen LogP contribution in [0.25, 0.3) is 0 Å². The van der Waals surface area contributed by atoms with Gasteiger partial charge in [0.15, 0.2) is 5.41 Å². The maximum atomic E-state index is 14.0. The Morgan fingerprint density at radius 1 is 1.09 bits per heavy atom. The fraction of sp³-hybridized carbons (Fsp3) is 0.409. The fourth-order valence-electron chi connectivity index (χ4n) is 3.76. The van der Waals surface area contributed by atoms with Gasteiger partial charge in [-0.2, -0.15) is 13.2 Å². The lowest BCUT2D eigenvalue weighted by Gasteiger charge is -2.30. The SMILES string of the molecule is CC(C)NS(=O)(=O)c1ccc(NC(=O)C2(C(F)(F)F)CCN(Cc3ccccc3)C2)cc1. The smallest absolute Gasteiger partial charge is 0.325 e. The molecule has 3 rings (SSSR count). The Morgan fingerprint density at radius 2 is 1.72 bits per heavy atom. The van der Waals surface area contributed by atoms with Crippen LogP contribution in [0.1, 0.15) is 25.8 Å². The molecule has 1 atom stereocenters. The predicted octanol–water partition coefficient (Wildman–Crippen LogP) is 3.77. The van der Waals surface area contributed by atoms with Crippen molar-refractivity contribution in [2.75, 3.05) is 18.4 Å². The van der Waals surface area contributed by atoms with E-state index in [0.717, 1.165) is 5.56 Å². The van der Waals surface area contributed by atoms with Crippen LogP contribution in [-0.4, -0.2) is 44.5 Å². The van der Waals surface area contributed by atoms with Crippen molar-refractivity contribution in [1.29, 1.82) is 0 Å². The summed E-state index contributed by atoms with van der Waals surface area (Å²) >= 11 is 0. The second kappa shape index (κ2) is 9.21. The summed E-state index contributed by atoms with van der Waals surface area (Å²) in [6, 6.07) is 13.9. The molecule has 1 amide bonds. The highest BCUT2D eigenvalue weighted by molar-refractivity contribution is 7.89. The fourth-order valence-corrected chi connectivity index (χ4v) is 5.01. The Balaban J connectivity index is 1.75. The number of hydrogen-bond donors (Lipinski definition) is 2. The van der Waals surface area contributed by atoms with E-state index in [0.29, 0.717) is 6.54 Å². The summed E-state index contributed by atoms with van der Waals surface area (Å²) < 4.78 is 69.0. The van der Waals surface area contributed by atoms with Crippen LogP contribution in [-0.2, 0) is 21.4 Å². The average molecular weight is 470 g/mol. The van der Waals surface area contributed by atoms with Crippen LogP contribution in [0.3, 0.4) is 0 Å². The number of sulfonamides is 1. The molecule has 10 heteroatoms. The number of likely N-dealkylation sites (tertiary alicyclic amines) is 1. The zero-order valence-electron chi connectivity index (χ0n) is 17.8. The molecule has 0 radical (unpaired) electrons. The highest BCUT2D eigenvalue weighted by atomic mass is 32.2. The van der Waals surface area contributed by atoms with Crippen molar-refractivity contribution in [2.45, 2.75) is 43.9 Å². The summed E-state index contributed by atoms with van der Waals surface area (Å²) in [6.07, 6.45) is -5.08. The van der Waals surface area contributed by atoms with Gasteiger partial charge in [-0.15, -0.1) is 0 Å². The molecule has 2 aromatic rings. The lowest BCUT2D eigenvalue weighted by atomic mass is 9.85. The third-order valence-corrected chi connectivity index (χ3v) is 7.06. The zero-order valence-corrected chi connectivity index (χ0v) is 18.6. The standard InChI is InChI=1S/C22H26F3N3O3S/c1-16(2)27-32(30,31)19-10-8-18(9-11-19)26-20(29)21(22(23,24)25)12-13-28(15-21)14-17-6-4-3-5-7-17/h3-11,16,27H,12-15H2,1-2H3,(H,26,29). The summed E-state index contributed by atoms with van der Waals surface area (Å²) in [4.78, 5) is 14.4. The number of hydrogen-bond acceptors (Lipinski definition) is 4. The predicted molar refractivity (Wildman–Crippen MR) is 115 cm³/mol. The maximum Gasteiger partial charge on any atom is 0.404 e. The topological polar surface area (TPSA) is 78.5 Å². The van der Waals surface area contributed by atoms with Crippen LogP contribution in [0.5, 0.6) is 0 Å². The van der Waals surface area contributed by atoms with Crippen LogP contribution in [0.4, 0.5) is 18.9 Å². The lowest BCUT2D eigenvalue weighted by molar-refractivity contribution is -0.215. The minimum absolute atomic E-state index is 0.0374. The van der Waals surface area contributed by atoms with Crippen LogP contribution in [0.15, 0.2) is 59.5 Å². The highest BCUT2D eigenvalue weighted by Gasteiger charge is 2.62. The number of carbonyl (C=O) groups is 1. The van der Waals surface area contributed by atoms with Crippen molar-refractivity contribution < 1.29 is 26.4 Å². The van der Waals surface area contributed by atoms with Gasteiger partial charge in [0.25, 0.3) is 0 Å². The molecule has 0 aliphatic carbocycles. The third-order valence-electron chi connectivity index (χ3n) is 5.39. The van der Waals surface area contributed by atoms with Gasteiger partial charge >= 0.3 is 6.18 Å². The molecule has 1 fully saturated rings. The Hall–Kier alpha value is -2.43. The molecule has 1 saturated heterocycles. The quantitative estimate of drug-likeness (QED) is 0.647. The van der Waals surface area contributed by atoms with Gasteiger partial charge in [0.05, 0.1) is 4.90 Å². The van der Waals surface area contributed by atoms with Crippen molar-refractivity contribution in [3.63, 3.8) is 0 Å². The Labute approximate surface area is 185 Å². The van der Waals surface area contributed by atoms with E-state index in [9.17, 15) is 26.4 Å². The van der Waals surface area contributed by atoms with E-state index in [2.05, 4.69) is 10.0 Å². The Kier molecular flexibility index (Phi) is 6.97. The van der Waals surface area contributed by atoms with Gasteiger partial charge in [-0.1, -0.05) is 30.3 Å². The average Bonchev–Trinajstić information content (AvgIpc) is 3.13. The summed E-state index contributed by atoms with van der Waals surface area (Å²) in [5.74, 6) is -1.14. The summed E-state index contributed by atoms with van der Waals surface area (Å²) in [6.45, 7) is 3.36. The van der Waals surface area contributed by atoms with Crippen molar-refractivity contribution >= 4 is 21.6 Å². The monoisotopic (exact) mass is 469 g/mol. The first kappa shape index (κ1) is 24.2. The third kappa shape index (κ3) is 5.31. The summed E-state index contributed by atoms with van der Waals surface area (Å²) in [7, 11) is -3.74. The number of carbonyl (C=O) groups excluding carboxylic acids is 1. The number of alkyl halides is 3. The Morgan fingerprint density at radius 3 is 2.28 bits per heavy atom. The van der Waals surface area contributed by atoms with Crippen molar-refractivity contribution in [3.05, 3.63) is 60.2 Å². The first-order valence-corrected chi connectivity index (χ1v) is 11.7. The normalized spacial score (nSPS) is 19.9. The first-order valence-electron chi connectivity index (χ1n) is 10.2. The summed E-state index contributed by atoms with van der Waals surface area (Å²) in [5, 5.41) is 2.33. The van der Waals surface area contributed by atoms with Crippen LogP contribution >= 0.6 is 0 Å². The number of halogens is 3. The van der Waals surface area contributed by atoms with E-state index in [1.165, 1.54) is 24.3 Å². The minimum atomic E-state index is -4.73. The molecular formula is C22H26F3N3O3S. The van der Waals surface area contributed by atoms with Gasteiger partial charge in [0, 0.05) is 24.8 Å². The molecule has 1 aliphatic rings. The van der Waals surface area contributed by atoms with Crippen LogP contribution in [0, 0.1) is 5.41 Å². The van der Waals surface area contributed by atoms with Crippen molar-refractivity contribution in [1.82, 2.24) is 9.62 Å². The van der Waals surface area contributed by atoms with Gasteiger partial charge in [0.2, 0.25) is 15.9 Å². The molecule has 2 N–H and O–H groups in total. The van der Waals surface area contributed by atoms with E-state index in [1.54, 1.807) is 18.7 Å². The molecular weight excluding hydrogens is 443 g/mol. The molecule has 0 spiro atoms. The van der Waals surface area contributed by atoms with Crippen molar-refractivity contribution in [2.24, 2.45) is 5.41 Å². The number of amides is 1. The molecule has 6 nitrogen and oxygen atoms in total. The summed E-state index contributed by atoms with van der Waals surface area (Å²) in [5.41, 5.74) is -1.56. The number of anilines is 1. The number of nitrogens with one attached hydrogen (secondary N) is 2. The van der Waals surface area contributed by atoms with E-state index < -0.39 is 34.1 Å². The number of nitrogens with zero attached hydrogens (tertiary/aromatic N) is 1. The van der Waals surface area contributed by atoms with Gasteiger partial charge in [0.1, 0.15) is 0 Å². The number of rotatable bonds is 7. The van der Waals surface area contributed by atoms with Gasteiger partial charge < -0.3 is 5.32 Å². The molecule has 174 valence electrons.